The van der Waals surface area contributed by atoms with Crippen molar-refractivity contribution in [1.82, 2.24) is 9.80 Å². The summed E-state index contributed by atoms with van der Waals surface area (Å²) in [7, 11) is 2.00. The maximum atomic E-state index is 12.9. The Balaban J connectivity index is 1.44. The van der Waals surface area contributed by atoms with E-state index in [9.17, 15) is 4.79 Å². The summed E-state index contributed by atoms with van der Waals surface area (Å²) in [5.41, 5.74) is 1.18. The molecular weight excluding hydrogens is 312 g/mol. The average molecular weight is 338 g/mol. The molecule has 0 bridgehead atoms. The van der Waals surface area contributed by atoms with E-state index in [0.29, 0.717) is 0 Å². The van der Waals surface area contributed by atoms with Crippen LogP contribution in [0.2, 0.25) is 0 Å². The number of benzene rings is 1. The highest BCUT2D eigenvalue weighted by atomic mass is 16.3. The molecule has 0 saturated carbocycles. The number of likely N-dealkylation sites (N-methyl/N-ethyl adjacent to an activating group) is 1. The molecule has 1 aromatic carbocycles. The van der Waals surface area contributed by atoms with Gasteiger partial charge in [0.15, 0.2) is 0 Å². The molecule has 2 saturated heterocycles. The van der Waals surface area contributed by atoms with Crippen molar-refractivity contribution in [2.45, 2.75) is 44.2 Å². The molecule has 0 radical (unpaired) electrons. The largest absolute Gasteiger partial charge is 0.465 e. The molecule has 25 heavy (non-hydrogen) atoms. The summed E-state index contributed by atoms with van der Waals surface area (Å²) in [5.74, 6) is 2.30. The standard InChI is InChI=1S/C21H26N2O2/c1-16-8-9-18(25-16)15-23-12-10-21(11-13-23)14-19(20(24)22(21)2)17-6-4-3-5-7-17/h3-9,19H,10-15H2,1-2H3/t19-/m1/s1. The quantitative estimate of drug-likeness (QED) is 0.858. The maximum Gasteiger partial charge on any atom is 0.230 e. The van der Waals surface area contributed by atoms with Crippen LogP contribution in [0.25, 0.3) is 0 Å². The van der Waals surface area contributed by atoms with Crippen molar-refractivity contribution in [2.75, 3.05) is 20.1 Å². The average Bonchev–Trinajstić information content (AvgIpc) is 3.15. The summed E-state index contributed by atoms with van der Waals surface area (Å²) in [5, 5.41) is 0. The maximum absolute atomic E-state index is 12.9. The van der Waals surface area contributed by atoms with Crippen molar-refractivity contribution in [3.8, 4) is 0 Å². The molecule has 2 aliphatic rings. The zero-order valence-corrected chi connectivity index (χ0v) is 15.1. The molecular formula is C21H26N2O2. The molecule has 1 atom stereocenters. The SMILES string of the molecule is Cc1ccc(CN2CCC3(CC2)C[C@H](c2ccccc2)C(=O)N3C)o1. The molecule has 132 valence electrons. The van der Waals surface area contributed by atoms with Crippen LogP contribution in [-0.4, -0.2) is 41.4 Å². The van der Waals surface area contributed by atoms with Crippen molar-refractivity contribution >= 4 is 5.91 Å². The van der Waals surface area contributed by atoms with E-state index in [1.165, 1.54) is 0 Å². The van der Waals surface area contributed by atoms with Crippen LogP contribution in [0.3, 0.4) is 0 Å². The minimum Gasteiger partial charge on any atom is -0.465 e. The minimum absolute atomic E-state index is 0.0190. The Morgan fingerprint density at radius 1 is 1.12 bits per heavy atom. The molecule has 3 heterocycles. The molecule has 2 fully saturated rings. The molecule has 4 rings (SSSR count). The molecule has 2 aliphatic heterocycles. The molecule has 2 aromatic rings. The summed E-state index contributed by atoms with van der Waals surface area (Å²) in [4.78, 5) is 17.3. The molecule has 4 heteroatoms. The third-order valence-corrected chi connectivity index (χ3v) is 6.09. The van der Waals surface area contributed by atoms with Gasteiger partial charge < -0.3 is 9.32 Å². The van der Waals surface area contributed by atoms with Crippen LogP contribution in [0, 0.1) is 6.92 Å². The molecule has 4 nitrogen and oxygen atoms in total. The van der Waals surface area contributed by atoms with Crippen LogP contribution < -0.4 is 0 Å². The van der Waals surface area contributed by atoms with E-state index in [-0.39, 0.29) is 17.4 Å². The summed E-state index contributed by atoms with van der Waals surface area (Å²) in [6.45, 7) is 4.87. The zero-order valence-electron chi connectivity index (χ0n) is 15.1. The lowest BCUT2D eigenvalue weighted by atomic mass is 9.81. The van der Waals surface area contributed by atoms with E-state index in [4.69, 9.17) is 4.42 Å². The first-order chi connectivity index (χ1) is 12.1. The topological polar surface area (TPSA) is 36.7 Å². The lowest BCUT2D eigenvalue weighted by molar-refractivity contribution is -0.131. The van der Waals surface area contributed by atoms with Gasteiger partial charge in [-0.3, -0.25) is 9.69 Å². The van der Waals surface area contributed by atoms with E-state index < -0.39 is 0 Å². The van der Waals surface area contributed by atoms with Gasteiger partial charge in [0, 0.05) is 25.7 Å². The van der Waals surface area contributed by atoms with E-state index in [1.807, 2.05) is 43.1 Å². The van der Waals surface area contributed by atoms with Gasteiger partial charge in [0.2, 0.25) is 5.91 Å². The summed E-state index contributed by atoms with van der Waals surface area (Å²) in [6, 6.07) is 14.3. The van der Waals surface area contributed by atoms with Gasteiger partial charge in [-0.05, 0) is 43.9 Å². The summed E-state index contributed by atoms with van der Waals surface area (Å²) in [6.07, 6.45) is 3.02. The van der Waals surface area contributed by atoms with Crippen LogP contribution in [0.1, 0.15) is 42.3 Å². The van der Waals surface area contributed by atoms with Crippen LogP contribution in [0.5, 0.6) is 0 Å². The van der Waals surface area contributed by atoms with Gasteiger partial charge in [0.1, 0.15) is 11.5 Å². The fraction of sp³-hybridized carbons (Fsp3) is 0.476. The number of hydrogen-bond donors (Lipinski definition) is 0. The van der Waals surface area contributed by atoms with Crippen molar-refractivity contribution < 1.29 is 9.21 Å². The van der Waals surface area contributed by atoms with Gasteiger partial charge in [-0.1, -0.05) is 30.3 Å². The van der Waals surface area contributed by atoms with Gasteiger partial charge in [-0.2, -0.15) is 0 Å². The molecule has 0 aliphatic carbocycles. The zero-order chi connectivity index (χ0) is 17.4. The smallest absolute Gasteiger partial charge is 0.230 e. The predicted octanol–water partition coefficient (Wildman–Crippen LogP) is 3.57. The van der Waals surface area contributed by atoms with E-state index >= 15 is 0 Å². The normalized spacial score (nSPS) is 23.5. The Hall–Kier alpha value is -2.07. The van der Waals surface area contributed by atoms with Crippen molar-refractivity contribution in [2.24, 2.45) is 0 Å². The monoisotopic (exact) mass is 338 g/mol. The van der Waals surface area contributed by atoms with Gasteiger partial charge >= 0.3 is 0 Å². The number of carbonyl (C=O) groups is 1. The number of rotatable bonds is 3. The highest BCUT2D eigenvalue weighted by molar-refractivity contribution is 5.87. The molecule has 0 unspecified atom stereocenters. The number of amides is 1. The Labute approximate surface area is 149 Å². The third kappa shape index (κ3) is 2.99. The molecule has 0 N–H and O–H groups in total. The fourth-order valence-corrected chi connectivity index (χ4v) is 4.47. The predicted molar refractivity (Wildman–Crippen MR) is 97.3 cm³/mol. The van der Waals surface area contributed by atoms with Crippen molar-refractivity contribution in [3.05, 3.63) is 59.5 Å². The van der Waals surface area contributed by atoms with Gasteiger partial charge in [0.05, 0.1) is 12.5 Å². The van der Waals surface area contributed by atoms with Gasteiger partial charge in [0.25, 0.3) is 0 Å². The number of carbonyl (C=O) groups excluding carboxylic acids is 1. The van der Waals surface area contributed by atoms with Gasteiger partial charge in [-0.15, -0.1) is 0 Å². The second kappa shape index (κ2) is 6.34. The summed E-state index contributed by atoms with van der Waals surface area (Å²) >= 11 is 0. The first kappa shape index (κ1) is 16.4. The number of furan rings is 1. The second-order valence-corrected chi connectivity index (χ2v) is 7.58. The lowest BCUT2D eigenvalue weighted by Gasteiger charge is -2.43. The highest BCUT2D eigenvalue weighted by Gasteiger charge is 2.50. The summed E-state index contributed by atoms with van der Waals surface area (Å²) < 4.78 is 5.71. The van der Waals surface area contributed by atoms with Crippen molar-refractivity contribution in [1.29, 1.82) is 0 Å². The lowest BCUT2D eigenvalue weighted by Crippen LogP contribution is -2.51. The van der Waals surface area contributed by atoms with Crippen LogP contribution in [0.15, 0.2) is 46.9 Å². The van der Waals surface area contributed by atoms with Crippen LogP contribution in [0.4, 0.5) is 0 Å². The number of aryl methyl sites for hydroxylation is 1. The fourth-order valence-electron chi connectivity index (χ4n) is 4.47. The van der Waals surface area contributed by atoms with E-state index in [2.05, 4.69) is 23.1 Å². The van der Waals surface area contributed by atoms with Gasteiger partial charge in [-0.25, -0.2) is 0 Å². The Kier molecular flexibility index (Phi) is 4.16. The second-order valence-electron chi connectivity index (χ2n) is 7.58. The Bertz CT molecular complexity index is 744. The van der Waals surface area contributed by atoms with Crippen LogP contribution in [-0.2, 0) is 11.3 Å². The molecule has 1 amide bonds. The Morgan fingerprint density at radius 3 is 2.48 bits per heavy atom. The molecule has 1 aromatic heterocycles. The minimum atomic E-state index is 0.0190. The molecule has 1 spiro atoms. The Morgan fingerprint density at radius 2 is 1.84 bits per heavy atom. The van der Waals surface area contributed by atoms with E-state index in [1.54, 1.807) is 0 Å². The number of likely N-dealkylation sites (tertiary alicyclic amines) is 2. The van der Waals surface area contributed by atoms with Crippen molar-refractivity contribution in [3.63, 3.8) is 0 Å². The third-order valence-electron chi connectivity index (χ3n) is 6.09. The number of nitrogens with zero attached hydrogens (tertiary/aromatic N) is 2. The number of hydrogen-bond acceptors (Lipinski definition) is 3. The first-order valence-electron chi connectivity index (χ1n) is 9.18. The van der Waals surface area contributed by atoms with E-state index in [0.717, 1.165) is 56.0 Å². The first-order valence-corrected chi connectivity index (χ1v) is 9.18. The number of piperidine rings is 1. The highest BCUT2D eigenvalue weighted by Crippen LogP contribution is 2.44. The van der Waals surface area contributed by atoms with Crippen LogP contribution >= 0.6 is 0 Å².